The maximum atomic E-state index is 11.2. The van der Waals surface area contributed by atoms with Crippen LogP contribution < -0.4 is 4.90 Å². The molecule has 0 amide bonds. The maximum Gasteiger partial charge on any atom is 0.152 e. The quantitative estimate of drug-likeness (QED) is 0.649. The van der Waals surface area contributed by atoms with Gasteiger partial charge >= 0.3 is 0 Å². The van der Waals surface area contributed by atoms with Crippen LogP contribution in [0, 0.1) is 0 Å². The largest absolute Gasteiger partial charge is 0.371 e. The molecule has 0 fully saturated rings. The molecule has 0 saturated heterocycles. The Morgan fingerprint density at radius 3 is 2.35 bits per heavy atom. The summed E-state index contributed by atoms with van der Waals surface area (Å²) < 4.78 is 0. The van der Waals surface area contributed by atoms with Crippen molar-refractivity contribution in [3.63, 3.8) is 0 Å². The Morgan fingerprint density at radius 1 is 1.10 bits per heavy atom. The van der Waals surface area contributed by atoms with Crippen molar-refractivity contribution in [1.82, 2.24) is 4.90 Å². The van der Waals surface area contributed by atoms with E-state index in [-0.39, 0.29) is 0 Å². The lowest BCUT2D eigenvalue weighted by Crippen LogP contribution is -2.30. The Bertz CT molecular complexity index is 419. The molecule has 4 heteroatoms. The fraction of sp³-hybridized carbons (Fsp3) is 0.562. The maximum absolute atomic E-state index is 11.2. The van der Waals surface area contributed by atoms with Gasteiger partial charge in [0.1, 0.15) is 0 Å². The molecule has 1 aromatic rings. The van der Waals surface area contributed by atoms with Gasteiger partial charge in [0, 0.05) is 29.4 Å². The van der Waals surface area contributed by atoms with Crippen LogP contribution in [0.5, 0.6) is 0 Å². The molecule has 0 N–H and O–H groups in total. The molecule has 0 unspecified atom stereocenters. The Labute approximate surface area is 127 Å². The highest BCUT2D eigenvalue weighted by Gasteiger charge is 2.10. The molecule has 0 heterocycles. The minimum absolute atomic E-state index is 0.607. The average molecular weight is 297 g/mol. The number of hydrogen-bond donors (Lipinski definition) is 0. The van der Waals surface area contributed by atoms with E-state index in [4.69, 9.17) is 11.6 Å². The number of nitrogens with zero attached hydrogens (tertiary/aromatic N) is 2. The third-order valence-corrected chi connectivity index (χ3v) is 3.87. The molecular formula is C16H25ClN2O. The van der Waals surface area contributed by atoms with Crippen LogP contribution in [0.1, 0.15) is 37.6 Å². The second kappa shape index (κ2) is 8.98. The minimum Gasteiger partial charge on any atom is -0.371 e. The van der Waals surface area contributed by atoms with Gasteiger partial charge in [-0.2, -0.15) is 0 Å². The lowest BCUT2D eigenvalue weighted by atomic mass is 10.1. The van der Waals surface area contributed by atoms with Crippen LogP contribution in [0.4, 0.5) is 5.69 Å². The number of rotatable bonds is 9. The number of anilines is 1. The lowest BCUT2D eigenvalue weighted by Gasteiger charge is -2.26. The van der Waals surface area contributed by atoms with E-state index in [9.17, 15) is 4.79 Å². The number of carbonyl (C=O) groups is 1. The van der Waals surface area contributed by atoms with E-state index in [0.717, 1.165) is 51.1 Å². The first-order valence-electron chi connectivity index (χ1n) is 7.38. The molecule has 1 aromatic carbocycles. The predicted octanol–water partition coefficient (Wildman–Crippen LogP) is 3.71. The molecule has 0 spiro atoms. The number of benzene rings is 1. The van der Waals surface area contributed by atoms with Crippen molar-refractivity contribution in [3.8, 4) is 0 Å². The number of aldehydes is 1. The average Bonchev–Trinajstić information content (AvgIpc) is 2.48. The predicted molar refractivity (Wildman–Crippen MR) is 87.1 cm³/mol. The minimum atomic E-state index is 0.607. The van der Waals surface area contributed by atoms with Gasteiger partial charge in [-0.05, 0) is 51.2 Å². The Morgan fingerprint density at radius 2 is 1.80 bits per heavy atom. The van der Waals surface area contributed by atoms with E-state index in [0.29, 0.717) is 10.6 Å². The highest BCUT2D eigenvalue weighted by molar-refractivity contribution is 6.31. The first-order valence-corrected chi connectivity index (χ1v) is 7.76. The van der Waals surface area contributed by atoms with Gasteiger partial charge in [-0.1, -0.05) is 25.4 Å². The first-order chi connectivity index (χ1) is 9.65. The van der Waals surface area contributed by atoms with Crippen molar-refractivity contribution in [2.75, 3.05) is 37.6 Å². The van der Waals surface area contributed by atoms with Gasteiger partial charge < -0.3 is 9.80 Å². The van der Waals surface area contributed by atoms with E-state index < -0.39 is 0 Å². The smallest absolute Gasteiger partial charge is 0.152 e. The fourth-order valence-corrected chi connectivity index (χ4v) is 2.56. The van der Waals surface area contributed by atoms with Gasteiger partial charge in [-0.15, -0.1) is 0 Å². The number of carbonyl (C=O) groups excluding carboxylic acids is 1. The van der Waals surface area contributed by atoms with Crippen molar-refractivity contribution in [1.29, 1.82) is 0 Å². The third kappa shape index (κ3) is 4.80. The molecule has 0 aromatic heterocycles. The van der Waals surface area contributed by atoms with Crippen LogP contribution in [0.25, 0.3) is 0 Å². The van der Waals surface area contributed by atoms with Crippen molar-refractivity contribution < 1.29 is 4.79 Å². The van der Waals surface area contributed by atoms with E-state index in [1.54, 1.807) is 6.07 Å². The third-order valence-electron chi connectivity index (χ3n) is 3.64. The van der Waals surface area contributed by atoms with Gasteiger partial charge in [0.25, 0.3) is 0 Å². The second-order valence-corrected chi connectivity index (χ2v) is 5.22. The van der Waals surface area contributed by atoms with E-state index >= 15 is 0 Å². The molecule has 3 nitrogen and oxygen atoms in total. The highest BCUT2D eigenvalue weighted by Crippen LogP contribution is 2.23. The summed E-state index contributed by atoms with van der Waals surface area (Å²) in [6, 6.07) is 5.51. The molecule has 20 heavy (non-hydrogen) atoms. The number of halogens is 1. The Balaban J connectivity index is 2.69. The number of hydrogen-bond acceptors (Lipinski definition) is 3. The molecule has 0 saturated carbocycles. The molecular weight excluding hydrogens is 272 g/mol. The van der Waals surface area contributed by atoms with Crippen LogP contribution in [0.3, 0.4) is 0 Å². The monoisotopic (exact) mass is 296 g/mol. The molecule has 1 rings (SSSR count). The molecule has 0 aliphatic heterocycles. The molecule has 0 atom stereocenters. The fourth-order valence-electron chi connectivity index (χ4n) is 2.38. The van der Waals surface area contributed by atoms with Crippen molar-refractivity contribution >= 4 is 23.6 Å². The van der Waals surface area contributed by atoms with Gasteiger partial charge in [0.15, 0.2) is 6.29 Å². The van der Waals surface area contributed by atoms with Crippen LogP contribution in [0.15, 0.2) is 18.2 Å². The Hall–Kier alpha value is -1.06. The van der Waals surface area contributed by atoms with Crippen LogP contribution in [0.2, 0.25) is 5.02 Å². The van der Waals surface area contributed by atoms with E-state index in [1.165, 1.54) is 0 Å². The summed E-state index contributed by atoms with van der Waals surface area (Å²) in [4.78, 5) is 15.8. The van der Waals surface area contributed by atoms with E-state index in [2.05, 4.69) is 30.6 Å². The van der Waals surface area contributed by atoms with Gasteiger partial charge in [0.05, 0.1) is 0 Å². The summed E-state index contributed by atoms with van der Waals surface area (Å²) in [6.45, 7) is 11.6. The molecule has 0 aliphatic carbocycles. The first kappa shape index (κ1) is 17.0. The standard InChI is InChI=1S/C16H25ClN2O/c1-4-18(5-2)10-7-11-19(6-3)16-9-8-15(17)12-14(16)13-20/h8-9,12-13H,4-7,10-11H2,1-3H3. The van der Waals surface area contributed by atoms with Gasteiger partial charge in [0.2, 0.25) is 0 Å². The highest BCUT2D eigenvalue weighted by atomic mass is 35.5. The van der Waals surface area contributed by atoms with Crippen LogP contribution in [-0.4, -0.2) is 43.9 Å². The zero-order valence-corrected chi connectivity index (χ0v) is 13.5. The van der Waals surface area contributed by atoms with Gasteiger partial charge in [-0.25, -0.2) is 0 Å². The summed E-state index contributed by atoms with van der Waals surface area (Å²) in [5.41, 5.74) is 1.65. The molecule has 0 radical (unpaired) electrons. The summed E-state index contributed by atoms with van der Waals surface area (Å²) in [6.07, 6.45) is 1.98. The van der Waals surface area contributed by atoms with Crippen molar-refractivity contribution in [2.24, 2.45) is 0 Å². The van der Waals surface area contributed by atoms with Crippen molar-refractivity contribution in [3.05, 3.63) is 28.8 Å². The van der Waals surface area contributed by atoms with Crippen LogP contribution >= 0.6 is 11.6 Å². The summed E-state index contributed by atoms with van der Waals surface area (Å²) in [7, 11) is 0. The summed E-state index contributed by atoms with van der Waals surface area (Å²) in [5.74, 6) is 0. The zero-order chi connectivity index (χ0) is 15.0. The van der Waals surface area contributed by atoms with Gasteiger partial charge in [-0.3, -0.25) is 4.79 Å². The molecule has 112 valence electrons. The summed E-state index contributed by atoms with van der Waals surface area (Å²) in [5, 5.41) is 0.607. The molecule has 0 bridgehead atoms. The summed E-state index contributed by atoms with van der Waals surface area (Å²) >= 11 is 5.94. The topological polar surface area (TPSA) is 23.6 Å². The second-order valence-electron chi connectivity index (χ2n) is 4.78. The van der Waals surface area contributed by atoms with E-state index in [1.807, 2.05) is 12.1 Å². The Kier molecular flexibility index (Phi) is 7.63. The van der Waals surface area contributed by atoms with Crippen LogP contribution in [-0.2, 0) is 0 Å². The van der Waals surface area contributed by atoms with Crippen molar-refractivity contribution in [2.45, 2.75) is 27.2 Å². The normalized spacial score (nSPS) is 10.8. The SMILES string of the molecule is CCN(CC)CCCN(CC)c1ccc(Cl)cc1C=O. The zero-order valence-electron chi connectivity index (χ0n) is 12.7. The molecule has 0 aliphatic rings. The lowest BCUT2D eigenvalue weighted by molar-refractivity contribution is 0.112.